The Morgan fingerprint density at radius 2 is 1.64 bits per heavy atom. The lowest BCUT2D eigenvalue weighted by Crippen LogP contribution is -2.47. The monoisotopic (exact) mass is 302 g/mol. The van der Waals surface area contributed by atoms with Crippen LogP contribution in [0, 0.1) is 0 Å². The van der Waals surface area contributed by atoms with Gasteiger partial charge in [0.25, 0.3) is 0 Å². The molecule has 1 aliphatic heterocycles. The zero-order valence-electron chi connectivity index (χ0n) is 13.2. The lowest BCUT2D eigenvalue weighted by molar-refractivity contribution is -0.138. The molecule has 1 heterocycles. The van der Waals surface area contributed by atoms with Crippen molar-refractivity contribution in [2.75, 3.05) is 37.6 Å². The highest BCUT2D eigenvalue weighted by Crippen LogP contribution is 2.33. The highest BCUT2D eigenvalue weighted by atomic mass is 16.4. The lowest BCUT2D eigenvalue weighted by Gasteiger charge is -2.35. The molecule has 0 bridgehead atoms. The summed E-state index contributed by atoms with van der Waals surface area (Å²) in [5.41, 5.74) is 2.77. The van der Waals surface area contributed by atoms with Crippen LogP contribution in [0.3, 0.4) is 0 Å². The second-order valence-corrected chi connectivity index (χ2v) is 6.58. The van der Waals surface area contributed by atoms with Crippen molar-refractivity contribution < 1.29 is 9.90 Å². The summed E-state index contributed by atoms with van der Waals surface area (Å²) in [6.07, 6.45) is 6.82. The van der Waals surface area contributed by atoms with Crippen LogP contribution in [0.4, 0.5) is 5.69 Å². The molecule has 2 fully saturated rings. The van der Waals surface area contributed by atoms with Crippen molar-refractivity contribution in [3.05, 3.63) is 29.8 Å². The number of nitrogens with zero attached hydrogens (tertiary/aromatic N) is 2. The van der Waals surface area contributed by atoms with Gasteiger partial charge in [-0.15, -0.1) is 0 Å². The highest BCUT2D eigenvalue weighted by Gasteiger charge is 2.20. The summed E-state index contributed by atoms with van der Waals surface area (Å²) in [6.45, 7) is 3.65. The molecule has 1 saturated carbocycles. The van der Waals surface area contributed by atoms with E-state index in [1.165, 1.54) is 43.4 Å². The molecule has 3 rings (SSSR count). The first-order chi connectivity index (χ1) is 10.7. The summed E-state index contributed by atoms with van der Waals surface area (Å²) >= 11 is 0. The first-order valence-corrected chi connectivity index (χ1v) is 8.51. The largest absolute Gasteiger partial charge is 0.480 e. The van der Waals surface area contributed by atoms with Crippen LogP contribution in [0.15, 0.2) is 24.3 Å². The molecule has 2 aliphatic rings. The van der Waals surface area contributed by atoms with Gasteiger partial charge in [-0.3, -0.25) is 9.69 Å². The van der Waals surface area contributed by atoms with Crippen LogP contribution in [0.2, 0.25) is 0 Å². The predicted molar refractivity (Wildman–Crippen MR) is 88.6 cm³/mol. The number of hydrogen-bond acceptors (Lipinski definition) is 3. The molecular weight excluding hydrogens is 276 g/mol. The van der Waals surface area contributed by atoms with Gasteiger partial charge < -0.3 is 10.0 Å². The number of hydrogen-bond donors (Lipinski definition) is 1. The van der Waals surface area contributed by atoms with Gasteiger partial charge in [-0.05, 0) is 36.5 Å². The van der Waals surface area contributed by atoms with E-state index < -0.39 is 5.97 Å². The van der Waals surface area contributed by atoms with Gasteiger partial charge in [0, 0.05) is 31.9 Å². The van der Waals surface area contributed by atoms with Crippen molar-refractivity contribution in [1.29, 1.82) is 0 Å². The summed E-state index contributed by atoms with van der Waals surface area (Å²) in [7, 11) is 0. The maximum atomic E-state index is 10.8. The third kappa shape index (κ3) is 3.80. The van der Waals surface area contributed by atoms with Crippen LogP contribution in [-0.2, 0) is 4.79 Å². The molecule has 0 spiro atoms. The van der Waals surface area contributed by atoms with Crippen molar-refractivity contribution in [2.24, 2.45) is 0 Å². The fourth-order valence-electron chi connectivity index (χ4n) is 3.75. The third-order valence-corrected chi connectivity index (χ3v) is 5.07. The number of carbonyl (C=O) groups is 1. The molecule has 1 aliphatic carbocycles. The molecular formula is C18H26N2O2. The standard InChI is InChI=1S/C18H26N2O2/c21-18(22)14-19-10-12-20(13-11-19)17-8-6-16(7-9-17)15-4-2-1-3-5-15/h6-9,15H,1-5,10-14H2,(H,21,22). The fraction of sp³-hybridized carbons (Fsp3) is 0.611. The number of anilines is 1. The lowest BCUT2D eigenvalue weighted by atomic mass is 9.84. The average Bonchev–Trinajstić information content (AvgIpc) is 2.56. The molecule has 0 radical (unpaired) electrons. The second kappa shape index (κ2) is 7.14. The van der Waals surface area contributed by atoms with Crippen LogP contribution in [0.5, 0.6) is 0 Å². The first kappa shape index (κ1) is 15.3. The maximum Gasteiger partial charge on any atom is 0.317 e. The highest BCUT2D eigenvalue weighted by molar-refractivity contribution is 5.69. The average molecular weight is 302 g/mol. The van der Waals surface area contributed by atoms with E-state index in [0.29, 0.717) is 0 Å². The molecule has 0 aromatic heterocycles. The zero-order chi connectivity index (χ0) is 15.4. The van der Waals surface area contributed by atoms with Gasteiger partial charge in [0.2, 0.25) is 0 Å². The summed E-state index contributed by atoms with van der Waals surface area (Å²) in [5.74, 6) is 0.0282. The molecule has 1 aromatic carbocycles. The minimum Gasteiger partial charge on any atom is -0.480 e. The topological polar surface area (TPSA) is 43.8 Å². The van der Waals surface area contributed by atoms with E-state index in [-0.39, 0.29) is 6.54 Å². The number of rotatable bonds is 4. The van der Waals surface area contributed by atoms with Gasteiger partial charge in [0.05, 0.1) is 6.54 Å². The minimum atomic E-state index is -0.731. The van der Waals surface area contributed by atoms with E-state index in [9.17, 15) is 4.79 Å². The Bertz CT molecular complexity index is 486. The number of piperazine rings is 1. The van der Waals surface area contributed by atoms with Gasteiger partial charge in [-0.1, -0.05) is 31.4 Å². The molecule has 1 saturated heterocycles. The first-order valence-electron chi connectivity index (χ1n) is 8.51. The summed E-state index contributed by atoms with van der Waals surface area (Å²) < 4.78 is 0. The van der Waals surface area contributed by atoms with Gasteiger partial charge >= 0.3 is 5.97 Å². The van der Waals surface area contributed by atoms with E-state index in [4.69, 9.17) is 5.11 Å². The molecule has 1 N–H and O–H groups in total. The fourth-order valence-corrected chi connectivity index (χ4v) is 3.75. The summed E-state index contributed by atoms with van der Waals surface area (Å²) in [5, 5.41) is 8.85. The molecule has 0 atom stereocenters. The normalized spacial score (nSPS) is 21.0. The zero-order valence-corrected chi connectivity index (χ0v) is 13.2. The number of aliphatic carboxylic acids is 1. The minimum absolute atomic E-state index is 0.161. The van der Waals surface area contributed by atoms with Crippen molar-refractivity contribution in [3.63, 3.8) is 0 Å². The Morgan fingerprint density at radius 1 is 1.00 bits per heavy atom. The predicted octanol–water partition coefficient (Wildman–Crippen LogP) is 2.94. The Labute approximate surface area is 132 Å². The molecule has 0 unspecified atom stereocenters. The van der Waals surface area contributed by atoms with E-state index in [2.05, 4.69) is 29.2 Å². The second-order valence-electron chi connectivity index (χ2n) is 6.58. The van der Waals surface area contributed by atoms with Crippen molar-refractivity contribution >= 4 is 11.7 Å². The van der Waals surface area contributed by atoms with Crippen LogP contribution in [0.1, 0.15) is 43.6 Å². The van der Waals surface area contributed by atoms with Crippen LogP contribution in [-0.4, -0.2) is 48.7 Å². The summed E-state index contributed by atoms with van der Waals surface area (Å²) in [6, 6.07) is 9.09. The van der Waals surface area contributed by atoms with Crippen LogP contribution >= 0.6 is 0 Å². The Balaban J connectivity index is 1.56. The molecule has 4 heteroatoms. The number of benzene rings is 1. The quantitative estimate of drug-likeness (QED) is 0.929. The van der Waals surface area contributed by atoms with E-state index in [1.54, 1.807) is 0 Å². The van der Waals surface area contributed by atoms with Gasteiger partial charge in [0.15, 0.2) is 0 Å². The molecule has 0 amide bonds. The number of carboxylic acids is 1. The third-order valence-electron chi connectivity index (χ3n) is 5.07. The maximum absolute atomic E-state index is 10.8. The van der Waals surface area contributed by atoms with Crippen molar-refractivity contribution in [2.45, 2.75) is 38.0 Å². The van der Waals surface area contributed by atoms with Crippen LogP contribution < -0.4 is 4.90 Å². The molecule has 1 aromatic rings. The number of carboxylic acid groups (broad SMARTS) is 1. The molecule has 120 valence electrons. The van der Waals surface area contributed by atoms with Gasteiger partial charge in [-0.25, -0.2) is 0 Å². The molecule has 22 heavy (non-hydrogen) atoms. The molecule has 4 nitrogen and oxygen atoms in total. The van der Waals surface area contributed by atoms with Gasteiger partial charge in [-0.2, -0.15) is 0 Å². The van der Waals surface area contributed by atoms with E-state index in [1.807, 2.05) is 4.90 Å². The smallest absolute Gasteiger partial charge is 0.317 e. The van der Waals surface area contributed by atoms with E-state index >= 15 is 0 Å². The summed E-state index contributed by atoms with van der Waals surface area (Å²) in [4.78, 5) is 15.1. The Morgan fingerprint density at radius 3 is 2.23 bits per heavy atom. The van der Waals surface area contributed by atoms with Crippen molar-refractivity contribution in [3.8, 4) is 0 Å². The van der Waals surface area contributed by atoms with Gasteiger partial charge in [0.1, 0.15) is 0 Å². The Kier molecular flexibility index (Phi) is 4.98. The SMILES string of the molecule is O=C(O)CN1CCN(c2ccc(C3CCCCC3)cc2)CC1. The van der Waals surface area contributed by atoms with Crippen molar-refractivity contribution in [1.82, 2.24) is 4.90 Å². The Hall–Kier alpha value is -1.55. The van der Waals surface area contributed by atoms with E-state index in [0.717, 1.165) is 32.1 Å². The van der Waals surface area contributed by atoms with Crippen LogP contribution in [0.25, 0.3) is 0 Å².